The maximum absolute atomic E-state index is 12.6. The van der Waals surface area contributed by atoms with Crippen molar-refractivity contribution in [3.63, 3.8) is 0 Å². The van der Waals surface area contributed by atoms with Crippen LogP contribution >= 0.6 is 11.8 Å². The molecule has 0 aliphatic carbocycles. The molecule has 152 valence electrons. The van der Waals surface area contributed by atoms with E-state index in [0.29, 0.717) is 24.3 Å². The molecule has 29 heavy (non-hydrogen) atoms. The summed E-state index contributed by atoms with van der Waals surface area (Å²) in [5.41, 5.74) is 1.39. The first-order valence-electron chi connectivity index (χ1n) is 8.91. The Morgan fingerprint density at radius 3 is 2.52 bits per heavy atom. The number of hydrogen-bond donors (Lipinski definition) is 1. The molecule has 1 N–H and O–H groups in total. The zero-order valence-corrected chi connectivity index (χ0v) is 16.4. The van der Waals surface area contributed by atoms with Gasteiger partial charge in [-0.05, 0) is 43.2 Å². The standard InChI is InChI=1S/C21H19F3N2O2S/c1-14-12-17(28-26-14)13-29-19-5-3-2-4-18(19)20(27)25-11-10-15-6-8-16(9-7-15)21(22,23)24/h2-9,12H,10-11,13H2,1H3,(H,25,27). The molecule has 1 heterocycles. The monoisotopic (exact) mass is 420 g/mol. The minimum atomic E-state index is -4.35. The molecular weight excluding hydrogens is 401 g/mol. The molecule has 0 aliphatic heterocycles. The molecule has 3 aromatic rings. The van der Waals surface area contributed by atoms with E-state index in [0.717, 1.165) is 34.0 Å². The molecule has 3 rings (SSSR count). The molecule has 0 saturated carbocycles. The fourth-order valence-electron chi connectivity index (χ4n) is 2.69. The van der Waals surface area contributed by atoms with Gasteiger partial charge < -0.3 is 9.84 Å². The number of alkyl halides is 3. The summed E-state index contributed by atoms with van der Waals surface area (Å²) in [6.07, 6.45) is -3.91. The Labute approximate surface area is 170 Å². The third kappa shape index (κ3) is 5.87. The number of nitrogens with one attached hydrogen (secondary N) is 1. The lowest BCUT2D eigenvalue weighted by atomic mass is 10.1. The van der Waals surface area contributed by atoms with Crippen molar-refractivity contribution in [1.82, 2.24) is 10.5 Å². The van der Waals surface area contributed by atoms with Crippen LogP contribution in [0, 0.1) is 6.92 Å². The van der Waals surface area contributed by atoms with Crippen molar-refractivity contribution < 1.29 is 22.5 Å². The second-order valence-electron chi connectivity index (χ2n) is 6.42. The number of amides is 1. The number of carbonyl (C=O) groups excluding carboxylic acids is 1. The van der Waals surface area contributed by atoms with Gasteiger partial charge in [0.2, 0.25) is 0 Å². The van der Waals surface area contributed by atoms with Crippen molar-refractivity contribution in [3.05, 3.63) is 82.7 Å². The third-order valence-electron chi connectivity index (χ3n) is 4.16. The summed E-state index contributed by atoms with van der Waals surface area (Å²) in [6.45, 7) is 2.17. The number of thioether (sulfide) groups is 1. The average molecular weight is 420 g/mol. The van der Waals surface area contributed by atoms with Crippen LogP contribution in [0.15, 0.2) is 64.0 Å². The summed E-state index contributed by atoms with van der Waals surface area (Å²) in [7, 11) is 0. The molecule has 2 aromatic carbocycles. The minimum absolute atomic E-state index is 0.228. The Kier molecular flexibility index (Phi) is 6.64. The van der Waals surface area contributed by atoms with Gasteiger partial charge in [0.05, 0.1) is 22.6 Å². The number of hydrogen-bond acceptors (Lipinski definition) is 4. The molecule has 0 radical (unpaired) electrons. The Bertz CT molecular complexity index is 969. The molecule has 4 nitrogen and oxygen atoms in total. The number of halogens is 3. The van der Waals surface area contributed by atoms with E-state index in [1.165, 1.54) is 23.9 Å². The summed E-state index contributed by atoms with van der Waals surface area (Å²) in [5.74, 6) is 1.05. The van der Waals surface area contributed by atoms with Crippen molar-refractivity contribution in [1.29, 1.82) is 0 Å². The van der Waals surface area contributed by atoms with Gasteiger partial charge in [0, 0.05) is 17.5 Å². The molecule has 1 aromatic heterocycles. The number of benzene rings is 2. The molecule has 0 unspecified atom stereocenters. The van der Waals surface area contributed by atoms with Gasteiger partial charge in [-0.15, -0.1) is 11.8 Å². The van der Waals surface area contributed by atoms with Gasteiger partial charge in [0.1, 0.15) is 5.76 Å². The van der Waals surface area contributed by atoms with Crippen LogP contribution in [0.5, 0.6) is 0 Å². The van der Waals surface area contributed by atoms with Gasteiger partial charge in [-0.1, -0.05) is 29.4 Å². The molecule has 1 amide bonds. The van der Waals surface area contributed by atoms with E-state index in [2.05, 4.69) is 10.5 Å². The number of nitrogens with zero attached hydrogens (tertiary/aromatic N) is 1. The number of carbonyl (C=O) groups is 1. The van der Waals surface area contributed by atoms with Crippen LogP contribution in [0.3, 0.4) is 0 Å². The van der Waals surface area contributed by atoms with Gasteiger partial charge >= 0.3 is 6.18 Å². The lowest BCUT2D eigenvalue weighted by Gasteiger charge is -2.10. The van der Waals surface area contributed by atoms with Crippen LogP contribution < -0.4 is 5.32 Å². The molecule has 0 spiro atoms. The van der Waals surface area contributed by atoms with E-state index in [1.807, 2.05) is 25.1 Å². The predicted octanol–water partition coefficient (Wildman–Crippen LogP) is 5.27. The smallest absolute Gasteiger partial charge is 0.360 e. The SMILES string of the molecule is Cc1cc(CSc2ccccc2C(=O)NCCc2ccc(C(F)(F)F)cc2)on1. The van der Waals surface area contributed by atoms with E-state index in [-0.39, 0.29) is 5.91 Å². The fraction of sp³-hybridized carbons (Fsp3) is 0.238. The summed E-state index contributed by atoms with van der Waals surface area (Å²) in [4.78, 5) is 13.4. The average Bonchev–Trinajstić information content (AvgIpc) is 3.11. The molecule has 0 saturated heterocycles. The summed E-state index contributed by atoms with van der Waals surface area (Å²) in [6, 6.07) is 14.0. The van der Waals surface area contributed by atoms with Gasteiger partial charge in [0.25, 0.3) is 5.91 Å². The van der Waals surface area contributed by atoms with Crippen molar-refractivity contribution in [2.24, 2.45) is 0 Å². The van der Waals surface area contributed by atoms with E-state index in [1.54, 1.807) is 12.1 Å². The topological polar surface area (TPSA) is 55.1 Å². The van der Waals surface area contributed by atoms with Crippen molar-refractivity contribution >= 4 is 17.7 Å². The Morgan fingerprint density at radius 2 is 1.86 bits per heavy atom. The number of rotatable bonds is 7. The highest BCUT2D eigenvalue weighted by Crippen LogP contribution is 2.29. The highest BCUT2D eigenvalue weighted by Gasteiger charge is 2.29. The first-order chi connectivity index (χ1) is 13.8. The number of aromatic nitrogens is 1. The summed E-state index contributed by atoms with van der Waals surface area (Å²) < 4.78 is 43.0. The van der Waals surface area contributed by atoms with Crippen molar-refractivity contribution in [3.8, 4) is 0 Å². The zero-order chi connectivity index (χ0) is 20.9. The molecule has 8 heteroatoms. The van der Waals surface area contributed by atoms with Gasteiger partial charge in [0.15, 0.2) is 0 Å². The summed E-state index contributed by atoms with van der Waals surface area (Å²) in [5, 5.41) is 6.67. The Morgan fingerprint density at radius 1 is 1.14 bits per heavy atom. The highest BCUT2D eigenvalue weighted by atomic mass is 32.2. The maximum Gasteiger partial charge on any atom is 0.416 e. The number of aryl methyl sites for hydroxylation is 1. The van der Waals surface area contributed by atoms with Crippen LogP contribution in [0.1, 0.15) is 32.9 Å². The van der Waals surface area contributed by atoms with E-state index in [4.69, 9.17) is 4.52 Å². The molecule has 0 atom stereocenters. The predicted molar refractivity (Wildman–Crippen MR) is 105 cm³/mol. The second kappa shape index (κ2) is 9.17. The summed E-state index contributed by atoms with van der Waals surface area (Å²) >= 11 is 1.47. The minimum Gasteiger partial charge on any atom is -0.360 e. The first kappa shape index (κ1) is 21.0. The normalized spacial score (nSPS) is 11.4. The van der Waals surface area contributed by atoms with Gasteiger partial charge in [-0.2, -0.15) is 13.2 Å². The van der Waals surface area contributed by atoms with Crippen molar-refractivity contribution in [2.75, 3.05) is 6.54 Å². The van der Waals surface area contributed by atoms with E-state index < -0.39 is 11.7 Å². The quantitative estimate of drug-likeness (QED) is 0.530. The van der Waals surface area contributed by atoms with Crippen LogP contribution in [0.4, 0.5) is 13.2 Å². The highest BCUT2D eigenvalue weighted by molar-refractivity contribution is 7.98. The van der Waals surface area contributed by atoms with Crippen LogP contribution in [0.25, 0.3) is 0 Å². The largest absolute Gasteiger partial charge is 0.416 e. The van der Waals surface area contributed by atoms with Gasteiger partial charge in [-0.3, -0.25) is 4.79 Å². The lowest BCUT2D eigenvalue weighted by molar-refractivity contribution is -0.137. The fourth-order valence-corrected chi connectivity index (χ4v) is 3.61. The van der Waals surface area contributed by atoms with Crippen LogP contribution in [-0.4, -0.2) is 17.6 Å². The molecule has 0 fully saturated rings. The first-order valence-corrected chi connectivity index (χ1v) is 9.90. The molecular formula is C21H19F3N2O2S. The third-order valence-corrected chi connectivity index (χ3v) is 5.25. The zero-order valence-electron chi connectivity index (χ0n) is 15.6. The lowest BCUT2D eigenvalue weighted by Crippen LogP contribution is -2.26. The van der Waals surface area contributed by atoms with Gasteiger partial charge in [-0.25, -0.2) is 0 Å². The Balaban J connectivity index is 1.55. The van der Waals surface area contributed by atoms with E-state index >= 15 is 0 Å². The Hall–Kier alpha value is -2.74. The van der Waals surface area contributed by atoms with Crippen LogP contribution in [-0.2, 0) is 18.3 Å². The van der Waals surface area contributed by atoms with Crippen LogP contribution in [0.2, 0.25) is 0 Å². The second-order valence-corrected chi connectivity index (χ2v) is 7.44. The molecule has 0 bridgehead atoms. The molecule has 0 aliphatic rings. The maximum atomic E-state index is 12.6. The van der Waals surface area contributed by atoms with E-state index in [9.17, 15) is 18.0 Å². The van der Waals surface area contributed by atoms with Crippen molar-refractivity contribution in [2.45, 2.75) is 30.2 Å².